The van der Waals surface area contributed by atoms with Crippen molar-refractivity contribution in [3.8, 4) is 0 Å². The normalized spacial score (nSPS) is 22.4. The van der Waals surface area contributed by atoms with Crippen LogP contribution in [0.4, 0.5) is 5.95 Å². The van der Waals surface area contributed by atoms with Crippen LogP contribution in [0.3, 0.4) is 0 Å². The fourth-order valence-electron chi connectivity index (χ4n) is 3.03. The molecule has 0 aromatic carbocycles. The molecule has 1 heterocycles. The van der Waals surface area contributed by atoms with Crippen molar-refractivity contribution in [2.24, 2.45) is 5.41 Å². The summed E-state index contributed by atoms with van der Waals surface area (Å²) in [7, 11) is 1.74. The van der Waals surface area contributed by atoms with E-state index >= 15 is 0 Å². The van der Waals surface area contributed by atoms with E-state index in [0.717, 1.165) is 24.8 Å². The maximum absolute atomic E-state index is 5.16. The zero-order valence-corrected chi connectivity index (χ0v) is 12.7. The molecule has 0 radical (unpaired) electrons. The molecule has 1 N–H and O–H groups in total. The number of hydrogen-bond donors (Lipinski definition) is 1. The summed E-state index contributed by atoms with van der Waals surface area (Å²) in [6.07, 6.45) is 7.21. The van der Waals surface area contributed by atoms with Gasteiger partial charge in [-0.2, -0.15) is 0 Å². The van der Waals surface area contributed by atoms with Gasteiger partial charge in [-0.15, -0.1) is 0 Å². The summed E-state index contributed by atoms with van der Waals surface area (Å²) in [4.78, 5) is 4.60. The highest BCUT2D eigenvalue weighted by atomic mass is 16.5. The predicted molar refractivity (Wildman–Crippen MR) is 78.5 cm³/mol. The number of ether oxygens (including phenoxy) is 1. The number of nitrogens with one attached hydrogen (secondary N) is 1. The number of anilines is 1. The molecule has 4 heteroatoms. The largest absolute Gasteiger partial charge is 0.383 e. The van der Waals surface area contributed by atoms with E-state index in [4.69, 9.17) is 4.74 Å². The standard InChI is InChI=1S/C15H27N3O/c1-12-11-18(8-9-19-4)14(16-12)17-13-6-5-7-15(2,3)10-13/h11,13H,5-10H2,1-4H3,(H,16,17). The van der Waals surface area contributed by atoms with E-state index in [0.29, 0.717) is 11.5 Å². The molecule has 0 aliphatic heterocycles. The zero-order valence-electron chi connectivity index (χ0n) is 12.7. The third kappa shape index (κ3) is 3.96. The van der Waals surface area contributed by atoms with E-state index < -0.39 is 0 Å². The van der Waals surface area contributed by atoms with Gasteiger partial charge in [-0.05, 0) is 31.6 Å². The molecule has 1 aliphatic carbocycles. The van der Waals surface area contributed by atoms with Crippen LogP contribution < -0.4 is 5.32 Å². The third-order valence-corrected chi connectivity index (χ3v) is 3.97. The smallest absolute Gasteiger partial charge is 0.203 e. The van der Waals surface area contributed by atoms with Crippen molar-refractivity contribution in [1.29, 1.82) is 0 Å². The summed E-state index contributed by atoms with van der Waals surface area (Å²) in [5, 5.41) is 3.63. The third-order valence-electron chi connectivity index (χ3n) is 3.97. The Hall–Kier alpha value is -1.03. The lowest BCUT2D eigenvalue weighted by Crippen LogP contribution is -2.32. The number of imidazole rings is 1. The quantitative estimate of drug-likeness (QED) is 0.888. The van der Waals surface area contributed by atoms with Gasteiger partial charge in [0, 0.05) is 25.9 Å². The van der Waals surface area contributed by atoms with Gasteiger partial charge in [0.1, 0.15) is 0 Å². The van der Waals surface area contributed by atoms with Crippen molar-refractivity contribution >= 4 is 5.95 Å². The molecular formula is C15H27N3O. The van der Waals surface area contributed by atoms with Gasteiger partial charge in [0.05, 0.1) is 12.3 Å². The van der Waals surface area contributed by atoms with Crippen molar-refractivity contribution in [3.63, 3.8) is 0 Å². The number of aromatic nitrogens is 2. The van der Waals surface area contributed by atoms with Crippen molar-refractivity contribution < 1.29 is 4.74 Å². The van der Waals surface area contributed by atoms with Crippen molar-refractivity contribution in [1.82, 2.24) is 9.55 Å². The Kier molecular flexibility index (Phi) is 4.50. The van der Waals surface area contributed by atoms with Gasteiger partial charge in [-0.1, -0.05) is 20.3 Å². The van der Waals surface area contributed by atoms with Gasteiger partial charge in [0.2, 0.25) is 5.95 Å². The van der Waals surface area contributed by atoms with Gasteiger partial charge >= 0.3 is 0 Å². The highest BCUT2D eigenvalue weighted by Crippen LogP contribution is 2.36. The Morgan fingerprint density at radius 1 is 1.53 bits per heavy atom. The first kappa shape index (κ1) is 14.4. The van der Waals surface area contributed by atoms with Crippen LogP contribution >= 0.6 is 0 Å². The lowest BCUT2D eigenvalue weighted by atomic mass is 9.75. The molecule has 1 aliphatic rings. The Balaban J connectivity index is 2.01. The SMILES string of the molecule is COCCn1cc(C)nc1NC1CCCC(C)(C)C1. The van der Waals surface area contributed by atoms with Gasteiger partial charge in [0.15, 0.2) is 0 Å². The molecule has 0 spiro atoms. The van der Waals surface area contributed by atoms with Crippen LogP contribution in [0.5, 0.6) is 0 Å². The van der Waals surface area contributed by atoms with Gasteiger partial charge in [-0.3, -0.25) is 0 Å². The molecule has 1 unspecified atom stereocenters. The molecule has 0 saturated heterocycles. The fourth-order valence-corrected chi connectivity index (χ4v) is 3.03. The second-order valence-corrected chi connectivity index (χ2v) is 6.49. The highest BCUT2D eigenvalue weighted by molar-refractivity contribution is 5.30. The molecule has 1 aromatic heterocycles. The van der Waals surface area contributed by atoms with E-state index in [-0.39, 0.29) is 0 Å². The monoisotopic (exact) mass is 265 g/mol. The van der Waals surface area contributed by atoms with Crippen LogP contribution in [0.15, 0.2) is 6.20 Å². The number of rotatable bonds is 5. The van der Waals surface area contributed by atoms with Crippen molar-refractivity contribution in [2.45, 2.75) is 59.0 Å². The van der Waals surface area contributed by atoms with Crippen LogP contribution in [0.25, 0.3) is 0 Å². The number of aryl methyl sites for hydroxylation is 1. The maximum Gasteiger partial charge on any atom is 0.203 e. The molecule has 4 nitrogen and oxygen atoms in total. The Morgan fingerprint density at radius 3 is 3.00 bits per heavy atom. The molecule has 1 aromatic rings. The number of nitrogens with zero attached hydrogens (tertiary/aromatic N) is 2. The topological polar surface area (TPSA) is 39.1 Å². The molecule has 1 saturated carbocycles. The first-order valence-electron chi connectivity index (χ1n) is 7.29. The molecular weight excluding hydrogens is 238 g/mol. The fraction of sp³-hybridized carbons (Fsp3) is 0.800. The van der Waals surface area contributed by atoms with E-state index in [1.54, 1.807) is 7.11 Å². The number of hydrogen-bond acceptors (Lipinski definition) is 3. The Morgan fingerprint density at radius 2 is 2.32 bits per heavy atom. The summed E-state index contributed by atoms with van der Waals surface area (Å²) in [6, 6.07) is 0.548. The molecule has 0 bridgehead atoms. The second-order valence-electron chi connectivity index (χ2n) is 6.49. The first-order valence-corrected chi connectivity index (χ1v) is 7.29. The average molecular weight is 265 g/mol. The van der Waals surface area contributed by atoms with Crippen LogP contribution in [0.2, 0.25) is 0 Å². The van der Waals surface area contributed by atoms with E-state index in [9.17, 15) is 0 Å². The van der Waals surface area contributed by atoms with Crippen LogP contribution in [-0.4, -0.2) is 29.3 Å². The summed E-state index contributed by atoms with van der Waals surface area (Å²) in [5.74, 6) is 0.997. The Bertz CT molecular complexity index is 412. The lowest BCUT2D eigenvalue weighted by molar-refractivity contribution is 0.187. The van der Waals surface area contributed by atoms with Crippen LogP contribution in [0.1, 0.15) is 45.2 Å². The Labute approximate surface area is 116 Å². The maximum atomic E-state index is 5.16. The van der Waals surface area contributed by atoms with Gasteiger partial charge in [0.25, 0.3) is 0 Å². The molecule has 19 heavy (non-hydrogen) atoms. The number of methoxy groups -OCH3 is 1. The molecule has 1 fully saturated rings. The molecule has 2 rings (SSSR count). The summed E-state index contributed by atoms with van der Waals surface area (Å²) in [5.41, 5.74) is 1.52. The minimum absolute atomic E-state index is 0.453. The van der Waals surface area contributed by atoms with Gasteiger partial charge in [-0.25, -0.2) is 4.98 Å². The highest BCUT2D eigenvalue weighted by Gasteiger charge is 2.28. The minimum atomic E-state index is 0.453. The minimum Gasteiger partial charge on any atom is -0.383 e. The summed E-state index contributed by atoms with van der Waals surface area (Å²) < 4.78 is 7.32. The molecule has 0 amide bonds. The van der Waals surface area contributed by atoms with Crippen LogP contribution in [0, 0.1) is 12.3 Å². The van der Waals surface area contributed by atoms with Gasteiger partial charge < -0.3 is 14.6 Å². The summed E-state index contributed by atoms with van der Waals surface area (Å²) >= 11 is 0. The zero-order chi connectivity index (χ0) is 13.9. The summed E-state index contributed by atoms with van der Waals surface area (Å²) in [6.45, 7) is 8.35. The van der Waals surface area contributed by atoms with Crippen molar-refractivity contribution in [2.75, 3.05) is 19.0 Å². The second kappa shape index (κ2) is 5.95. The van der Waals surface area contributed by atoms with E-state index in [1.807, 2.05) is 6.92 Å². The average Bonchev–Trinajstić information content (AvgIpc) is 2.65. The van der Waals surface area contributed by atoms with E-state index in [1.165, 1.54) is 25.7 Å². The molecule has 108 valence electrons. The first-order chi connectivity index (χ1) is 9.00. The molecule has 1 atom stereocenters. The predicted octanol–water partition coefficient (Wildman–Crippen LogP) is 3.22. The van der Waals surface area contributed by atoms with Crippen molar-refractivity contribution in [3.05, 3.63) is 11.9 Å². The van der Waals surface area contributed by atoms with Crippen LogP contribution in [-0.2, 0) is 11.3 Å². The lowest BCUT2D eigenvalue weighted by Gasteiger charge is -2.35. The van der Waals surface area contributed by atoms with E-state index in [2.05, 4.69) is 34.9 Å².